The smallest absolute Gasteiger partial charge is 0.257 e. The Kier molecular flexibility index (Phi) is 4.98. The number of amidine groups is 1. The van der Waals surface area contributed by atoms with Gasteiger partial charge in [0.15, 0.2) is 5.54 Å². The number of hydrogen-bond acceptors (Lipinski definition) is 4. The maximum absolute atomic E-state index is 12.6. The Morgan fingerprint density at radius 1 is 1.48 bits per heavy atom. The number of likely N-dealkylation sites (N-methyl/N-ethyl adjacent to an activating group) is 2. The van der Waals surface area contributed by atoms with Crippen LogP contribution in [0.1, 0.15) is 39.0 Å². The maximum atomic E-state index is 12.6. The molecule has 1 fully saturated rings. The molecule has 6 nitrogen and oxygen atoms in total. The van der Waals surface area contributed by atoms with Gasteiger partial charge < -0.3 is 15.1 Å². The average Bonchev–Trinajstić information content (AvgIpc) is 2.70. The van der Waals surface area contributed by atoms with E-state index in [9.17, 15) is 9.59 Å². The van der Waals surface area contributed by atoms with Crippen LogP contribution >= 0.6 is 0 Å². The first kappa shape index (κ1) is 15.9. The fraction of sp³-hybridized carbons (Fsp3) is 0.800. The third-order valence-corrected chi connectivity index (χ3v) is 4.34. The first-order chi connectivity index (χ1) is 10.0. The molecule has 2 heterocycles. The van der Waals surface area contributed by atoms with Crippen molar-refractivity contribution in [3.05, 3.63) is 0 Å². The molecule has 6 heteroatoms. The number of piperidine rings is 1. The Labute approximate surface area is 126 Å². The monoisotopic (exact) mass is 294 g/mol. The van der Waals surface area contributed by atoms with E-state index in [4.69, 9.17) is 4.99 Å². The topological polar surface area (TPSA) is 65.0 Å². The molecule has 0 bridgehead atoms. The second kappa shape index (κ2) is 6.56. The average molecular weight is 294 g/mol. The van der Waals surface area contributed by atoms with E-state index in [1.54, 1.807) is 23.9 Å². The van der Waals surface area contributed by atoms with Gasteiger partial charge in [-0.1, -0.05) is 13.3 Å². The molecule has 0 aromatic rings. The van der Waals surface area contributed by atoms with Crippen LogP contribution in [0.3, 0.4) is 0 Å². The number of unbranched alkanes of at least 4 members (excludes halogenated alkanes) is 1. The third-order valence-electron chi connectivity index (χ3n) is 4.34. The second-order valence-corrected chi connectivity index (χ2v) is 5.98. The number of rotatable bonds is 5. The first-order valence-electron chi connectivity index (χ1n) is 7.83. The molecule has 0 aliphatic carbocycles. The fourth-order valence-electron chi connectivity index (χ4n) is 3.14. The van der Waals surface area contributed by atoms with Crippen molar-refractivity contribution < 1.29 is 9.59 Å². The number of amides is 2. The molecule has 1 N–H and O–H groups in total. The molecule has 2 aliphatic heterocycles. The molecular weight excluding hydrogens is 268 g/mol. The summed E-state index contributed by atoms with van der Waals surface area (Å²) in [6.45, 7) is 3.59. The van der Waals surface area contributed by atoms with Crippen molar-refractivity contribution in [2.24, 2.45) is 4.99 Å². The van der Waals surface area contributed by atoms with Crippen molar-refractivity contribution in [1.82, 2.24) is 15.1 Å². The van der Waals surface area contributed by atoms with Crippen LogP contribution in [0.5, 0.6) is 0 Å². The predicted octanol–water partition coefficient (Wildman–Crippen LogP) is 0.628. The summed E-state index contributed by atoms with van der Waals surface area (Å²) >= 11 is 0. The highest BCUT2D eigenvalue weighted by Crippen LogP contribution is 2.32. The number of hydrogen-bond donors (Lipinski definition) is 1. The van der Waals surface area contributed by atoms with Gasteiger partial charge in [-0.3, -0.25) is 14.6 Å². The first-order valence-corrected chi connectivity index (χ1v) is 7.83. The van der Waals surface area contributed by atoms with E-state index in [1.807, 2.05) is 0 Å². The van der Waals surface area contributed by atoms with Gasteiger partial charge in [-0.25, -0.2) is 0 Å². The Balaban J connectivity index is 2.14. The molecule has 2 aliphatic rings. The van der Waals surface area contributed by atoms with Gasteiger partial charge in [0.25, 0.3) is 5.91 Å². The zero-order chi connectivity index (χ0) is 15.5. The quantitative estimate of drug-likeness (QED) is 0.809. The van der Waals surface area contributed by atoms with Crippen molar-refractivity contribution in [3.63, 3.8) is 0 Å². The summed E-state index contributed by atoms with van der Waals surface area (Å²) in [5, 5.41) is 2.88. The van der Waals surface area contributed by atoms with E-state index in [0.717, 1.165) is 44.5 Å². The third kappa shape index (κ3) is 3.10. The van der Waals surface area contributed by atoms with Crippen LogP contribution in [0.25, 0.3) is 0 Å². The SMILES string of the molecule is CCCCC1=NC2(CCCN(C(=O)CNC)C2)C(=O)N1C. The van der Waals surface area contributed by atoms with Crippen LogP contribution in [0.2, 0.25) is 0 Å². The minimum absolute atomic E-state index is 0.0456. The van der Waals surface area contributed by atoms with Gasteiger partial charge in [-0.05, 0) is 26.3 Å². The minimum atomic E-state index is -0.723. The van der Waals surface area contributed by atoms with Gasteiger partial charge in [0.2, 0.25) is 5.91 Å². The summed E-state index contributed by atoms with van der Waals surface area (Å²) in [6.07, 6.45) is 4.54. The summed E-state index contributed by atoms with van der Waals surface area (Å²) in [5.41, 5.74) is -0.723. The number of carbonyl (C=O) groups excluding carboxylic acids is 2. The summed E-state index contributed by atoms with van der Waals surface area (Å²) in [4.78, 5) is 32.9. The predicted molar refractivity (Wildman–Crippen MR) is 82.2 cm³/mol. The van der Waals surface area contributed by atoms with Gasteiger partial charge in [0.05, 0.1) is 13.1 Å². The molecule has 0 saturated carbocycles. The Morgan fingerprint density at radius 3 is 2.90 bits per heavy atom. The lowest BCUT2D eigenvalue weighted by Gasteiger charge is -2.37. The van der Waals surface area contributed by atoms with Crippen molar-refractivity contribution in [2.75, 3.05) is 33.7 Å². The lowest BCUT2D eigenvalue weighted by atomic mass is 9.89. The van der Waals surface area contributed by atoms with E-state index < -0.39 is 5.54 Å². The van der Waals surface area contributed by atoms with Gasteiger partial charge in [-0.2, -0.15) is 0 Å². The molecule has 0 aromatic carbocycles. The number of aliphatic imine (C=N–C) groups is 1. The molecule has 2 rings (SSSR count). The van der Waals surface area contributed by atoms with Crippen LogP contribution < -0.4 is 5.32 Å². The number of nitrogens with zero attached hydrogens (tertiary/aromatic N) is 3. The van der Waals surface area contributed by atoms with Crippen LogP contribution in [0.15, 0.2) is 4.99 Å². The highest BCUT2D eigenvalue weighted by atomic mass is 16.2. The van der Waals surface area contributed by atoms with Crippen LogP contribution in [-0.4, -0.2) is 66.7 Å². The van der Waals surface area contributed by atoms with Crippen LogP contribution in [0, 0.1) is 0 Å². The van der Waals surface area contributed by atoms with E-state index in [1.165, 1.54) is 0 Å². The normalized spacial score (nSPS) is 25.7. The molecule has 2 amide bonds. The summed E-state index contributed by atoms with van der Waals surface area (Å²) in [7, 11) is 3.56. The Morgan fingerprint density at radius 2 is 2.24 bits per heavy atom. The summed E-state index contributed by atoms with van der Waals surface area (Å²) in [6, 6.07) is 0. The summed E-state index contributed by atoms with van der Waals surface area (Å²) in [5.74, 6) is 0.976. The molecule has 1 atom stereocenters. The van der Waals surface area contributed by atoms with Crippen molar-refractivity contribution in [1.29, 1.82) is 0 Å². The van der Waals surface area contributed by atoms with Crippen LogP contribution in [0.4, 0.5) is 0 Å². The van der Waals surface area contributed by atoms with E-state index in [2.05, 4.69) is 12.2 Å². The van der Waals surface area contributed by atoms with Crippen LogP contribution in [-0.2, 0) is 9.59 Å². The molecule has 21 heavy (non-hydrogen) atoms. The maximum Gasteiger partial charge on any atom is 0.257 e. The van der Waals surface area contributed by atoms with Gasteiger partial charge in [0.1, 0.15) is 5.84 Å². The fourth-order valence-corrected chi connectivity index (χ4v) is 3.14. The molecule has 118 valence electrons. The van der Waals surface area contributed by atoms with Crippen molar-refractivity contribution in [2.45, 2.75) is 44.6 Å². The lowest BCUT2D eigenvalue weighted by molar-refractivity contribution is -0.137. The van der Waals surface area contributed by atoms with E-state index in [0.29, 0.717) is 13.1 Å². The molecular formula is C15H26N4O2. The van der Waals surface area contributed by atoms with E-state index >= 15 is 0 Å². The highest BCUT2D eigenvalue weighted by Gasteiger charge is 2.49. The molecule has 0 radical (unpaired) electrons. The minimum Gasteiger partial charge on any atom is -0.339 e. The van der Waals surface area contributed by atoms with Gasteiger partial charge in [-0.15, -0.1) is 0 Å². The zero-order valence-electron chi connectivity index (χ0n) is 13.3. The highest BCUT2D eigenvalue weighted by molar-refractivity contribution is 6.08. The lowest BCUT2D eigenvalue weighted by Crippen LogP contribution is -2.55. The standard InChI is InChI=1S/C15H26N4O2/c1-4-5-7-12-17-15(14(21)18(12)3)8-6-9-19(11-15)13(20)10-16-2/h16H,4-11H2,1-3H3. The van der Waals surface area contributed by atoms with E-state index in [-0.39, 0.29) is 11.8 Å². The largest absolute Gasteiger partial charge is 0.339 e. The molecule has 1 unspecified atom stereocenters. The number of nitrogens with one attached hydrogen (secondary N) is 1. The molecule has 1 spiro atoms. The second-order valence-electron chi connectivity index (χ2n) is 5.98. The molecule has 1 saturated heterocycles. The molecule has 0 aromatic heterocycles. The van der Waals surface area contributed by atoms with Gasteiger partial charge in [0, 0.05) is 20.0 Å². The summed E-state index contributed by atoms with van der Waals surface area (Å²) < 4.78 is 0. The van der Waals surface area contributed by atoms with Gasteiger partial charge >= 0.3 is 0 Å². The Bertz CT molecular complexity index is 449. The van der Waals surface area contributed by atoms with Crippen molar-refractivity contribution in [3.8, 4) is 0 Å². The zero-order valence-corrected chi connectivity index (χ0v) is 13.3. The van der Waals surface area contributed by atoms with Crippen molar-refractivity contribution >= 4 is 17.6 Å². The Hall–Kier alpha value is -1.43. The number of carbonyl (C=O) groups is 2. The number of likely N-dealkylation sites (tertiary alicyclic amines) is 1.